The number of H-pyrrole nitrogens is 1. The minimum absolute atomic E-state index is 0.166. The Morgan fingerprint density at radius 1 is 1.50 bits per heavy atom. The molecule has 2 heterocycles. The molecular formula is C5H3N3OS2Se. The van der Waals surface area contributed by atoms with E-state index in [9.17, 15) is 4.79 Å². The van der Waals surface area contributed by atoms with Crippen LogP contribution in [0.2, 0.25) is 0 Å². The Balaban J connectivity index is 3.08. The SMILES string of the molecule is Nc1nc2sc(=[Se])sc2c(=O)[nH]1. The predicted octanol–water partition coefficient (Wildman–Crippen LogP) is 0.329. The zero-order valence-electron chi connectivity index (χ0n) is 5.66. The molecule has 0 amide bonds. The van der Waals surface area contributed by atoms with Crippen molar-refractivity contribution in [1.82, 2.24) is 9.97 Å². The molecule has 0 radical (unpaired) electrons. The zero-order valence-corrected chi connectivity index (χ0v) is 9.00. The van der Waals surface area contributed by atoms with Crippen LogP contribution in [-0.2, 0) is 0 Å². The van der Waals surface area contributed by atoms with Crippen molar-refractivity contribution in [3.05, 3.63) is 13.0 Å². The first-order valence-corrected chi connectivity index (χ1v) is 5.45. The van der Waals surface area contributed by atoms with Crippen molar-refractivity contribution in [3.8, 4) is 0 Å². The van der Waals surface area contributed by atoms with Gasteiger partial charge in [0, 0.05) is 0 Å². The molecular weight excluding hydrogens is 261 g/mol. The topological polar surface area (TPSA) is 71.8 Å². The molecule has 2 rings (SSSR count). The molecule has 0 spiro atoms. The number of aromatic amines is 1. The normalized spacial score (nSPS) is 10.7. The molecule has 7 heteroatoms. The Morgan fingerprint density at radius 2 is 2.25 bits per heavy atom. The fourth-order valence-corrected chi connectivity index (χ4v) is 3.66. The summed E-state index contributed by atoms with van der Waals surface area (Å²) < 4.78 is 1.61. The van der Waals surface area contributed by atoms with E-state index in [1.54, 1.807) is 0 Å². The number of nitrogens with zero attached hydrogens (tertiary/aromatic N) is 1. The Bertz CT molecular complexity index is 539. The van der Waals surface area contributed by atoms with Gasteiger partial charge in [-0.25, -0.2) is 0 Å². The average molecular weight is 264 g/mol. The van der Waals surface area contributed by atoms with E-state index < -0.39 is 0 Å². The van der Waals surface area contributed by atoms with E-state index in [0.29, 0.717) is 9.53 Å². The van der Waals surface area contributed by atoms with E-state index in [-0.39, 0.29) is 11.5 Å². The van der Waals surface area contributed by atoms with Gasteiger partial charge in [0.05, 0.1) is 0 Å². The third kappa shape index (κ3) is 1.25. The second kappa shape index (κ2) is 2.77. The fraction of sp³-hybridized carbons (Fsp3) is 0. The number of nitrogens with two attached hydrogens (primary N) is 1. The first-order valence-electron chi connectivity index (χ1n) is 2.96. The van der Waals surface area contributed by atoms with E-state index in [1.807, 2.05) is 0 Å². The quantitative estimate of drug-likeness (QED) is 0.673. The van der Waals surface area contributed by atoms with Crippen molar-refractivity contribution in [1.29, 1.82) is 0 Å². The van der Waals surface area contributed by atoms with E-state index in [2.05, 4.69) is 25.5 Å². The van der Waals surface area contributed by atoms with E-state index in [0.717, 1.165) is 2.69 Å². The summed E-state index contributed by atoms with van der Waals surface area (Å²) in [5.74, 6) is 0.168. The van der Waals surface area contributed by atoms with Crippen LogP contribution in [0.5, 0.6) is 0 Å². The molecule has 0 aliphatic rings. The number of nitrogen functional groups attached to an aromatic ring is 1. The standard InChI is InChI=1S/C5H3N3OS2Se/c6-4-7-2(9)1-3(8-4)11-5(12)10-1/h(H3,6,7,8,9). The molecule has 0 saturated carbocycles. The van der Waals surface area contributed by atoms with Gasteiger partial charge in [-0.2, -0.15) is 0 Å². The molecule has 62 valence electrons. The van der Waals surface area contributed by atoms with E-state index in [4.69, 9.17) is 5.73 Å². The molecule has 0 saturated heterocycles. The third-order valence-corrected chi connectivity index (χ3v) is 4.31. The van der Waals surface area contributed by atoms with Gasteiger partial charge in [0.2, 0.25) is 0 Å². The second-order valence-electron chi connectivity index (χ2n) is 2.04. The molecule has 0 aliphatic carbocycles. The number of rotatable bonds is 0. The summed E-state index contributed by atoms with van der Waals surface area (Å²) in [6.45, 7) is 0. The second-order valence-corrected chi connectivity index (χ2v) is 6.34. The van der Waals surface area contributed by atoms with Crippen molar-refractivity contribution in [2.75, 3.05) is 5.73 Å². The summed E-state index contributed by atoms with van der Waals surface area (Å²) >= 11 is 5.66. The van der Waals surface area contributed by atoms with Crippen LogP contribution in [0.1, 0.15) is 0 Å². The Hall–Kier alpha value is -0.491. The van der Waals surface area contributed by atoms with Gasteiger partial charge in [0.15, 0.2) is 0 Å². The van der Waals surface area contributed by atoms with Gasteiger partial charge in [-0.3, -0.25) is 0 Å². The molecule has 2 aromatic heterocycles. The van der Waals surface area contributed by atoms with Gasteiger partial charge < -0.3 is 0 Å². The first kappa shape index (κ1) is 8.12. The van der Waals surface area contributed by atoms with Crippen molar-refractivity contribution < 1.29 is 0 Å². The molecule has 0 aliphatic heterocycles. The number of hydrogen-bond donors (Lipinski definition) is 2. The van der Waals surface area contributed by atoms with Crippen molar-refractivity contribution >= 4 is 53.7 Å². The molecule has 0 fully saturated rings. The Labute approximate surface area is 82.4 Å². The maximum atomic E-state index is 11.2. The molecule has 2 aromatic rings. The van der Waals surface area contributed by atoms with Gasteiger partial charge in [-0.15, -0.1) is 0 Å². The van der Waals surface area contributed by atoms with Crippen LogP contribution in [0, 0.1) is 2.69 Å². The number of fused-ring (bicyclic) bond motifs is 1. The summed E-state index contributed by atoms with van der Waals surface area (Å²) in [4.78, 5) is 18.4. The Kier molecular flexibility index (Phi) is 1.88. The van der Waals surface area contributed by atoms with Crippen LogP contribution < -0.4 is 11.3 Å². The Morgan fingerprint density at radius 3 is 3.00 bits per heavy atom. The van der Waals surface area contributed by atoms with Gasteiger partial charge in [0.1, 0.15) is 0 Å². The molecule has 4 nitrogen and oxygen atoms in total. The third-order valence-electron chi connectivity index (χ3n) is 1.23. The number of aromatic nitrogens is 2. The van der Waals surface area contributed by atoms with Crippen LogP contribution in [0.15, 0.2) is 4.79 Å². The summed E-state index contributed by atoms with van der Waals surface area (Å²) in [5, 5.41) is 0. The van der Waals surface area contributed by atoms with Gasteiger partial charge in [0.25, 0.3) is 0 Å². The zero-order chi connectivity index (χ0) is 8.72. The van der Waals surface area contributed by atoms with Gasteiger partial charge >= 0.3 is 82.5 Å². The summed E-state index contributed by atoms with van der Waals surface area (Å²) in [7, 11) is 0. The number of nitrogens with one attached hydrogen (secondary N) is 1. The summed E-state index contributed by atoms with van der Waals surface area (Å²) in [5.41, 5.74) is 5.20. The predicted molar refractivity (Wildman–Crippen MR) is 51.5 cm³/mol. The molecule has 0 atom stereocenters. The van der Waals surface area contributed by atoms with Gasteiger partial charge in [-0.1, -0.05) is 0 Å². The van der Waals surface area contributed by atoms with Crippen molar-refractivity contribution in [3.63, 3.8) is 0 Å². The first-order chi connectivity index (χ1) is 5.66. The molecule has 0 unspecified atom stereocenters. The summed E-state index contributed by atoms with van der Waals surface area (Å²) in [6.07, 6.45) is 0. The minimum atomic E-state index is -0.166. The van der Waals surface area contributed by atoms with Crippen LogP contribution in [0.4, 0.5) is 5.95 Å². The molecule has 0 bridgehead atoms. The average Bonchev–Trinajstić information content (AvgIpc) is 2.29. The summed E-state index contributed by atoms with van der Waals surface area (Å²) in [6, 6.07) is 0. The maximum absolute atomic E-state index is 11.2. The van der Waals surface area contributed by atoms with Crippen molar-refractivity contribution in [2.45, 2.75) is 0 Å². The van der Waals surface area contributed by atoms with E-state index >= 15 is 0 Å². The van der Waals surface area contributed by atoms with Crippen LogP contribution >= 0.6 is 22.7 Å². The number of hydrogen-bond acceptors (Lipinski definition) is 5. The van der Waals surface area contributed by atoms with Crippen LogP contribution in [0.3, 0.4) is 0 Å². The monoisotopic (exact) mass is 265 g/mol. The van der Waals surface area contributed by atoms with Gasteiger partial charge in [-0.05, 0) is 0 Å². The fourth-order valence-electron chi connectivity index (χ4n) is 0.801. The van der Waals surface area contributed by atoms with Crippen molar-refractivity contribution in [2.24, 2.45) is 0 Å². The molecule has 3 N–H and O–H groups in total. The number of anilines is 1. The van der Waals surface area contributed by atoms with Crippen LogP contribution in [-0.4, -0.2) is 25.5 Å². The van der Waals surface area contributed by atoms with Crippen LogP contribution in [0.25, 0.3) is 9.53 Å². The molecule has 0 aromatic carbocycles. The van der Waals surface area contributed by atoms with E-state index in [1.165, 1.54) is 22.7 Å². The molecule has 12 heavy (non-hydrogen) atoms.